The Balaban J connectivity index is 1.79. The summed E-state index contributed by atoms with van der Waals surface area (Å²) in [4.78, 5) is 4.81. The molecule has 3 rings (SSSR count). The number of anilines is 1. The minimum atomic E-state index is 0.594. The summed E-state index contributed by atoms with van der Waals surface area (Å²) in [5, 5.41) is 4.51. The van der Waals surface area contributed by atoms with E-state index in [1.165, 1.54) is 0 Å². The van der Waals surface area contributed by atoms with Gasteiger partial charge in [0.1, 0.15) is 24.4 Å². The molecule has 0 spiro atoms. The molecule has 1 N–H and O–H groups in total. The van der Waals surface area contributed by atoms with E-state index in [0.29, 0.717) is 46.2 Å². The lowest BCUT2D eigenvalue weighted by Crippen LogP contribution is -2.33. The van der Waals surface area contributed by atoms with Crippen molar-refractivity contribution in [3.05, 3.63) is 41.3 Å². The third-order valence-corrected chi connectivity index (χ3v) is 5.39. The third-order valence-electron chi connectivity index (χ3n) is 5.39. The van der Waals surface area contributed by atoms with Crippen LogP contribution in [0.15, 0.2) is 34.7 Å². The Bertz CT molecular complexity index is 1050. The van der Waals surface area contributed by atoms with Gasteiger partial charge in [0.25, 0.3) is 0 Å². The minimum absolute atomic E-state index is 0.594. The van der Waals surface area contributed by atoms with Crippen LogP contribution in [0.5, 0.6) is 0 Å². The molecule has 180 valence electrons. The van der Waals surface area contributed by atoms with E-state index in [4.69, 9.17) is 28.3 Å². The molecule has 0 bridgehead atoms. The van der Waals surface area contributed by atoms with Crippen molar-refractivity contribution in [3.8, 4) is 11.5 Å². The van der Waals surface area contributed by atoms with Crippen molar-refractivity contribution >= 4 is 16.8 Å². The molecule has 0 atom stereocenters. The Morgan fingerprint density at radius 2 is 1.70 bits per heavy atom. The monoisotopic (exact) mass is 458 g/mol. The number of fused-ring (bicyclic) bond motifs is 2. The standard InChI is InChI=1S/C25H35N3O5/c1-5-28(9-11-32-15-13-30-4)20-6-7-21-24(17-20)33-25-18-22(19(2)16-23(25)27-21)26-8-10-31-14-12-29-3/h6-7,16-18H,5,8-15H2,1-4H3/p+1. The third kappa shape index (κ3) is 7.23. The van der Waals surface area contributed by atoms with Crippen molar-refractivity contribution in [2.75, 3.05) is 78.8 Å². The van der Waals surface area contributed by atoms with Gasteiger partial charge in [0.15, 0.2) is 17.9 Å². The van der Waals surface area contributed by atoms with Crippen molar-refractivity contribution < 1.29 is 23.4 Å². The highest BCUT2D eigenvalue weighted by Crippen LogP contribution is 2.27. The van der Waals surface area contributed by atoms with E-state index in [-0.39, 0.29) is 0 Å². The molecule has 0 fully saturated rings. The molecule has 2 aliphatic rings. The zero-order valence-electron chi connectivity index (χ0n) is 20.2. The normalized spacial score (nSPS) is 12.5. The molecule has 0 unspecified atom stereocenters. The number of methoxy groups -OCH3 is 2. The number of hydrogen-bond donors (Lipinski definition) is 1. The summed E-state index contributed by atoms with van der Waals surface area (Å²) in [6, 6.07) is 10.2. The van der Waals surface area contributed by atoms with E-state index in [9.17, 15) is 0 Å². The minimum Gasteiger partial charge on any atom is -0.452 e. The van der Waals surface area contributed by atoms with Crippen LogP contribution in [-0.2, 0) is 18.9 Å². The Morgan fingerprint density at radius 3 is 2.42 bits per heavy atom. The molecular weight excluding hydrogens is 422 g/mol. The molecule has 8 heteroatoms. The lowest BCUT2D eigenvalue weighted by atomic mass is 10.1. The SMILES string of the molecule is CC/[N+](CCOCCOC)=c1/ccc2nc3cc(C)c(NCCOCCOC)cc3oc-2c1. The average molecular weight is 459 g/mol. The van der Waals surface area contributed by atoms with Crippen molar-refractivity contribution in [1.82, 2.24) is 9.56 Å². The lowest BCUT2D eigenvalue weighted by molar-refractivity contribution is 0.0702. The average Bonchev–Trinajstić information content (AvgIpc) is 2.82. The van der Waals surface area contributed by atoms with Gasteiger partial charge >= 0.3 is 0 Å². The van der Waals surface area contributed by atoms with Gasteiger partial charge in [0, 0.05) is 38.6 Å². The number of aromatic nitrogens is 1. The lowest BCUT2D eigenvalue weighted by Gasteiger charge is -2.12. The first-order valence-electron chi connectivity index (χ1n) is 11.5. The molecule has 1 aliphatic carbocycles. The summed E-state index contributed by atoms with van der Waals surface area (Å²) in [5.41, 5.74) is 4.56. The molecule has 33 heavy (non-hydrogen) atoms. The van der Waals surface area contributed by atoms with Gasteiger partial charge in [0.2, 0.25) is 5.36 Å². The molecule has 0 amide bonds. The van der Waals surface area contributed by atoms with Crippen LogP contribution in [0, 0.1) is 6.92 Å². The molecule has 1 aromatic carbocycles. The first-order valence-corrected chi connectivity index (χ1v) is 11.5. The second kappa shape index (κ2) is 13.3. The Hall–Kier alpha value is -2.52. The van der Waals surface area contributed by atoms with Crippen molar-refractivity contribution in [2.45, 2.75) is 13.8 Å². The summed E-state index contributed by atoms with van der Waals surface area (Å²) in [7, 11) is 3.35. The fraction of sp³-hybridized carbons (Fsp3) is 0.520. The van der Waals surface area contributed by atoms with Crippen LogP contribution in [-0.4, -0.2) is 78.5 Å². The largest absolute Gasteiger partial charge is 0.452 e. The fourth-order valence-electron chi connectivity index (χ4n) is 3.55. The van der Waals surface area contributed by atoms with Gasteiger partial charge < -0.3 is 28.7 Å². The zero-order chi connectivity index (χ0) is 23.5. The quantitative estimate of drug-likeness (QED) is 0.226. The highest BCUT2D eigenvalue weighted by atomic mass is 16.5. The van der Waals surface area contributed by atoms with Gasteiger partial charge in [-0.2, -0.15) is 0 Å². The number of likely N-dealkylation sites (N-methyl/N-ethyl adjacent to an activating group) is 1. The van der Waals surface area contributed by atoms with Crippen LogP contribution in [0.3, 0.4) is 0 Å². The molecule has 1 aromatic rings. The van der Waals surface area contributed by atoms with E-state index >= 15 is 0 Å². The predicted octanol–water partition coefficient (Wildman–Crippen LogP) is 2.77. The maximum Gasteiger partial charge on any atom is 0.203 e. The molecule has 1 aliphatic heterocycles. The van der Waals surface area contributed by atoms with E-state index in [1.54, 1.807) is 14.2 Å². The van der Waals surface area contributed by atoms with E-state index in [2.05, 4.69) is 41.9 Å². The fourth-order valence-corrected chi connectivity index (χ4v) is 3.55. The maximum absolute atomic E-state index is 6.27. The first-order chi connectivity index (χ1) is 16.2. The molecule has 8 nitrogen and oxygen atoms in total. The Morgan fingerprint density at radius 1 is 0.939 bits per heavy atom. The number of hydrogen-bond acceptors (Lipinski definition) is 7. The smallest absolute Gasteiger partial charge is 0.203 e. The number of aryl methyl sites for hydroxylation is 1. The predicted molar refractivity (Wildman–Crippen MR) is 130 cm³/mol. The van der Waals surface area contributed by atoms with Crippen molar-refractivity contribution in [2.24, 2.45) is 0 Å². The molecule has 0 radical (unpaired) electrons. The summed E-state index contributed by atoms with van der Waals surface area (Å²) < 4.78 is 29.7. The van der Waals surface area contributed by atoms with Gasteiger partial charge in [-0.15, -0.1) is 0 Å². The van der Waals surface area contributed by atoms with Crippen LogP contribution in [0.4, 0.5) is 5.69 Å². The number of benzene rings is 2. The Labute approximate surface area is 195 Å². The Kier molecular flexibility index (Phi) is 10.1. The highest BCUT2D eigenvalue weighted by molar-refractivity contribution is 5.81. The molecule has 0 saturated heterocycles. The van der Waals surface area contributed by atoms with Gasteiger partial charge in [-0.1, -0.05) is 0 Å². The van der Waals surface area contributed by atoms with Crippen LogP contribution in [0.2, 0.25) is 0 Å². The van der Waals surface area contributed by atoms with Crippen LogP contribution < -0.4 is 15.2 Å². The van der Waals surface area contributed by atoms with E-state index in [0.717, 1.165) is 52.3 Å². The maximum atomic E-state index is 6.27. The topological polar surface area (TPSA) is 78.0 Å². The molecular formula is C25H36N3O5+. The van der Waals surface area contributed by atoms with Crippen molar-refractivity contribution in [1.29, 1.82) is 0 Å². The van der Waals surface area contributed by atoms with Gasteiger partial charge in [-0.25, -0.2) is 9.56 Å². The number of nitrogens with zero attached hydrogens (tertiary/aromatic N) is 2. The first kappa shape index (κ1) is 25.1. The second-order valence-electron chi connectivity index (χ2n) is 7.72. The van der Waals surface area contributed by atoms with E-state index < -0.39 is 0 Å². The number of rotatable bonds is 14. The number of nitrogens with one attached hydrogen (secondary N) is 1. The summed E-state index contributed by atoms with van der Waals surface area (Å²) >= 11 is 0. The molecule has 1 heterocycles. The van der Waals surface area contributed by atoms with Crippen LogP contribution in [0.25, 0.3) is 22.6 Å². The van der Waals surface area contributed by atoms with Crippen LogP contribution in [0.1, 0.15) is 12.5 Å². The number of ether oxygens (including phenoxy) is 4. The summed E-state index contributed by atoms with van der Waals surface area (Å²) in [6.07, 6.45) is 0. The van der Waals surface area contributed by atoms with Gasteiger partial charge in [-0.05, 0) is 31.5 Å². The highest BCUT2D eigenvalue weighted by Gasteiger charge is 2.13. The van der Waals surface area contributed by atoms with E-state index in [1.807, 2.05) is 12.1 Å². The molecule has 0 saturated carbocycles. The summed E-state index contributed by atoms with van der Waals surface area (Å²) in [6.45, 7) is 10.2. The van der Waals surface area contributed by atoms with Gasteiger partial charge in [0.05, 0.1) is 39.1 Å². The van der Waals surface area contributed by atoms with Crippen LogP contribution >= 0.6 is 0 Å². The second-order valence-corrected chi connectivity index (χ2v) is 7.72. The molecule has 0 aromatic heterocycles. The van der Waals surface area contributed by atoms with Gasteiger partial charge in [-0.3, -0.25) is 0 Å². The zero-order valence-corrected chi connectivity index (χ0v) is 20.2. The van der Waals surface area contributed by atoms with Crippen molar-refractivity contribution in [3.63, 3.8) is 0 Å². The summed E-state index contributed by atoms with van der Waals surface area (Å²) in [5.74, 6) is 0.761.